The van der Waals surface area contributed by atoms with Crippen LogP contribution >= 0.6 is 24.0 Å². The largest absolute Gasteiger partial charge is 0.497 e. The molecule has 0 radical (unpaired) electrons. The van der Waals surface area contributed by atoms with Crippen LogP contribution in [0.4, 0.5) is 0 Å². The number of guanidine groups is 1. The summed E-state index contributed by atoms with van der Waals surface area (Å²) in [6.07, 6.45) is 1.74. The van der Waals surface area contributed by atoms with Crippen LogP contribution in [0.2, 0.25) is 0 Å². The number of nitrogens with zero attached hydrogens (tertiary/aromatic N) is 6. The van der Waals surface area contributed by atoms with Crippen LogP contribution in [0.15, 0.2) is 59.9 Å². The van der Waals surface area contributed by atoms with Crippen molar-refractivity contribution < 1.29 is 9.47 Å². The molecule has 0 aliphatic carbocycles. The lowest BCUT2D eigenvalue weighted by molar-refractivity contribution is 0.171. The zero-order valence-electron chi connectivity index (χ0n) is 19.8. The summed E-state index contributed by atoms with van der Waals surface area (Å²) in [7, 11) is 5.21. The fourth-order valence-corrected chi connectivity index (χ4v) is 4.04. The van der Waals surface area contributed by atoms with Gasteiger partial charge in [-0.05, 0) is 30.3 Å². The summed E-state index contributed by atoms with van der Waals surface area (Å²) in [4.78, 5) is 9.20. The maximum Gasteiger partial charge on any atom is 0.194 e. The maximum absolute atomic E-state index is 5.54. The molecule has 3 aromatic rings. The lowest BCUT2D eigenvalue weighted by Gasteiger charge is -2.36. The minimum atomic E-state index is 0. The number of nitrogens with one attached hydrogen (secondary N) is 1. The van der Waals surface area contributed by atoms with Crippen molar-refractivity contribution >= 4 is 29.9 Å². The highest BCUT2D eigenvalue weighted by molar-refractivity contribution is 14.0. The van der Waals surface area contributed by atoms with E-state index in [0.717, 1.165) is 67.3 Å². The molecule has 2 heterocycles. The minimum Gasteiger partial charge on any atom is -0.497 e. The third-order valence-electron chi connectivity index (χ3n) is 5.82. The highest BCUT2D eigenvalue weighted by atomic mass is 127. The Morgan fingerprint density at radius 1 is 1.03 bits per heavy atom. The van der Waals surface area contributed by atoms with Gasteiger partial charge in [0.2, 0.25) is 0 Å². The van der Waals surface area contributed by atoms with Gasteiger partial charge in [-0.3, -0.25) is 14.5 Å². The maximum atomic E-state index is 5.54. The van der Waals surface area contributed by atoms with E-state index >= 15 is 0 Å². The van der Waals surface area contributed by atoms with Gasteiger partial charge in [-0.15, -0.1) is 34.2 Å². The first kappa shape index (κ1) is 25.8. The first-order valence-electron chi connectivity index (χ1n) is 11.0. The Morgan fingerprint density at radius 2 is 1.79 bits per heavy atom. The molecular formula is C24H32IN7O2. The van der Waals surface area contributed by atoms with Crippen molar-refractivity contribution in [3.8, 4) is 17.2 Å². The molecule has 182 valence electrons. The van der Waals surface area contributed by atoms with Gasteiger partial charge in [0, 0.05) is 51.0 Å². The zero-order chi connectivity index (χ0) is 23.0. The average Bonchev–Trinajstić information content (AvgIpc) is 3.34. The number of ether oxygens (including phenoxy) is 2. The number of hydrogen-bond donors (Lipinski definition) is 1. The first-order valence-corrected chi connectivity index (χ1v) is 11.0. The predicted molar refractivity (Wildman–Crippen MR) is 143 cm³/mol. The van der Waals surface area contributed by atoms with Gasteiger partial charge >= 0.3 is 0 Å². The van der Waals surface area contributed by atoms with Crippen LogP contribution in [-0.2, 0) is 13.1 Å². The molecule has 2 aromatic carbocycles. The number of halogens is 1. The van der Waals surface area contributed by atoms with Crippen molar-refractivity contribution in [2.24, 2.45) is 4.99 Å². The molecule has 4 rings (SSSR count). The normalized spacial score (nSPS) is 14.4. The van der Waals surface area contributed by atoms with Gasteiger partial charge in [0.05, 0.1) is 20.8 Å². The molecule has 0 atom stereocenters. The fourth-order valence-electron chi connectivity index (χ4n) is 4.04. The summed E-state index contributed by atoms with van der Waals surface area (Å²) < 4.78 is 12.9. The molecule has 9 nitrogen and oxygen atoms in total. The lowest BCUT2D eigenvalue weighted by Crippen LogP contribution is -2.52. The lowest BCUT2D eigenvalue weighted by atomic mass is 10.1. The average molecular weight is 577 g/mol. The number of para-hydroxylation sites is 1. The molecule has 0 spiro atoms. The summed E-state index contributed by atoms with van der Waals surface area (Å²) in [5.41, 5.74) is 2.17. The number of aromatic nitrogens is 3. The summed E-state index contributed by atoms with van der Waals surface area (Å²) >= 11 is 0. The Bertz CT molecular complexity index is 1070. The third kappa shape index (κ3) is 6.17. The molecule has 0 saturated carbocycles. The number of rotatable bonds is 7. The van der Waals surface area contributed by atoms with Crippen molar-refractivity contribution in [3.05, 3.63) is 66.2 Å². The molecule has 34 heavy (non-hydrogen) atoms. The van der Waals surface area contributed by atoms with Crippen LogP contribution in [0.3, 0.4) is 0 Å². The molecule has 1 aliphatic heterocycles. The Kier molecular flexibility index (Phi) is 9.52. The van der Waals surface area contributed by atoms with Gasteiger partial charge in [0.15, 0.2) is 11.8 Å². The van der Waals surface area contributed by atoms with Crippen LogP contribution in [0.5, 0.6) is 11.5 Å². The molecule has 0 amide bonds. The van der Waals surface area contributed by atoms with Crippen molar-refractivity contribution in [2.75, 3.05) is 47.4 Å². The van der Waals surface area contributed by atoms with Gasteiger partial charge in [0.1, 0.15) is 17.8 Å². The Labute approximate surface area is 217 Å². The number of aliphatic imine (C=N–C) groups is 1. The van der Waals surface area contributed by atoms with E-state index < -0.39 is 0 Å². The van der Waals surface area contributed by atoms with Crippen molar-refractivity contribution in [2.45, 2.75) is 13.1 Å². The Morgan fingerprint density at radius 3 is 2.47 bits per heavy atom. The third-order valence-corrected chi connectivity index (χ3v) is 5.82. The van der Waals surface area contributed by atoms with Crippen LogP contribution in [0.1, 0.15) is 11.4 Å². The van der Waals surface area contributed by atoms with E-state index in [1.165, 1.54) is 0 Å². The standard InChI is InChI=1S/C24H31N7O2.HI/c1-25-24(26-16-23-28-27-18-31(23)20-7-5-4-6-8-20)30-13-11-29(12-14-30)17-19-15-21(32-2)9-10-22(19)33-3;/h4-10,15,18H,11-14,16-17H2,1-3H3,(H,25,26);1H. The van der Waals surface area contributed by atoms with E-state index in [1.807, 2.05) is 54.1 Å². The van der Waals surface area contributed by atoms with Gasteiger partial charge in [-0.1, -0.05) is 18.2 Å². The van der Waals surface area contributed by atoms with E-state index in [-0.39, 0.29) is 24.0 Å². The number of methoxy groups -OCH3 is 2. The second-order valence-corrected chi connectivity index (χ2v) is 7.79. The van der Waals surface area contributed by atoms with Crippen LogP contribution in [0.25, 0.3) is 5.69 Å². The second kappa shape index (κ2) is 12.6. The van der Waals surface area contributed by atoms with E-state index in [4.69, 9.17) is 9.47 Å². The fraction of sp³-hybridized carbons (Fsp3) is 0.375. The van der Waals surface area contributed by atoms with Gasteiger partial charge in [-0.2, -0.15) is 0 Å². The molecule has 1 fully saturated rings. The quantitative estimate of drug-likeness (QED) is 0.263. The number of piperazine rings is 1. The monoisotopic (exact) mass is 577 g/mol. The highest BCUT2D eigenvalue weighted by Crippen LogP contribution is 2.25. The van der Waals surface area contributed by atoms with Crippen molar-refractivity contribution in [3.63, 3.8) is 0 Å². The Balaban J connectivity index is 0.00000324. The summed E-state index contributed by atoms with van der Waals surface area (Å²) in [6.45, 7) is 5.00. The molecule has 1 saturated heterocycles. The molecular weight excluding hydrogens is 545 g/mol. The van der Waals surface area contributed by atoms with Crippen LogP contribution in [-0.4, -0.2) is 78.0 Å². The van der Waals surface area contributed by atoms with E-state index in [2.05, 4.69) is 36.4 Å². The van der Waals surface area contributed by atoms with E-state index in [0.29, 0.717) is 6.54 Å². The van der Waals surface area contributed by atoms with Crippen molar-refractivity contribution in [1.29, 1.82) is 0 Å². The van der Waals surface area contributed by atoms with Gasteiger partial charge in [-0.25, -0.2) is 0 Å². The second-order valence-electron chi connectivity index (χ2n) is 7.79. The highest BCUT2D eigenvalue weighted by Gasteiger charge is 2.21. The molecule has 0 bridgehead atoms. The summed E-state index contributed by atoms with van der Waals surface area (Å²) in [5.74, 6) is 3.44. The molecule has 1 aromatic heterocycles. The van der Waals surface area contributed by atoms with E-state index in [1.54, 1.807) is 20.5 Å². The molecule has 10 heteroatoms. The topological polar surface area (TPSA) is 80.0 Å². The van der Waals surface area contributed by atoms with Crippen LogP contribution in [0, 0.1) is 0 Å². The van der Waals surface area contributed by atoms with Crippen molar-refractivity contribution in [1.82, 2.24) is 29.9 Å². The first-order chi connectivity index (χ1) is 16.2. The SMILES string of the molecule is CN=C(NCc1nncn1-c1ccccc1)N1CCN(Cc2cc(OC)ccc2OC)CC1.I. The zero-order valence-corrected chi connectivity index (χ0v) is 22.2. The Hall–Kier alpha value is -2.86. The molecule has 1 aliphatic rings. The summed E-state index contributed by atoms with van der Waals surface area (Å²) in [6, 6.07) is 16.0. The number of hydrogen-bond acceptors (Lipinski definition) is 6. The predicted octanol–water partition coefficient (Wildman–Crippen LogP) is 2.80. The summed E-state index contributed by atoms with van der Waals surface area (Å²) in [5, 5.41) is 11.8. The van der Waals surface area contributed by atoms with E-state index in [9.17, 15) is 0 Å². The number of benzene rings is 2. The van der Waals surface area contributed by atoms with Gasteiger partial charge < -0.3 is 19.7 Å². The van der Waals surface area contributed by atoms with Gasteiger partial charge in [0.25, 0.3) is 0 Å². The minimum absolute atomic E-state index is 0. The molecule has 1 N–H and O–H groups in total. The molecule has 0 unspecified atom stereocenters. The van der Waals surface area contributed by atoms with Crippen LogP contribution < -0.4 is 14.8 Å². The smallest absolute Gasteiger partial charge is 0.194 e.